The highest BCUT2D eigenvalue weighted by Crippen LogP contribution is 2.27. The van der Waals surface area contributed by atoms with Crippen molar-refractivity contribution in [1.82, 2.24) is 9.88 Å². The first-order valence-electron chi connectivity index (χ1n) is 6.69. The SMILES string of the molecule is CC1CC(N)CCN1Cc1csc(-c2ccsc2)n1. The molecular weight excluding hydrogens is 274 g/mol. The molecule has 1 aliphatic heterocycles. The van der Waals surface area contributed by atoms with Gasteiger partial charge in [0.05, 0.1) is 5.69 Å². The number of nitrogens with two attached hydrogens (primary N) is 1. The molecule has 2 aromatic heterocycles. The lowest BCUT2D eigenvalue weighted by Gasteiger charge is -2.35. The van der Waals surface area contributed by atoms with Crippen molar-refractivity contribution in [3.63, 3.8) is 0 Å². The van der Waals surface area contributed by atoms with Gasteiger partial charge >= 0.3 is 0 Å². The predicted molar refractivity (Wildman–Crippen MR) is 82.5 cm³/mol. The lowest BCUT2D eigenvalue weighted by molar-refractivity contribution is 0.138. The summed E-state index contributed by atoms with van der Waals surface area (Å²) < 4.78 is 0. The monoisotopic (exact) mass is 293 g/mol. The fourth-order valence-corrected chi connectivity index (χ4v) is 4.12. The van der Waals surface area contributed by atoms with E-state index in [1.165, 1.54) is 11.3 Å². The van der Waals surface area contributed by atoms with Crippen LogP contribution in [-0.2, 0) is 6.54 Å². The molecule has 2 N–H and O–H groups in total. The van der Waals surface area contributed by atoms with Crippen LogP contribution in [0.3, 0.4) is 0 Å². The fraction of sp³-hybridized carbons (Fsp3) is 0.500. The van der Waals surface area contributed by atoms with E-state index in [4.69, 9.17) is 10.7 Å². The van der Waals surface area contributed by atoms with Gasteiger partial charge in [-0.15, -0.1) is 11.3 Å². The zero-order valence-electron chi connectivity index (χ0n) is 11.1. The molecule has 0 saturated carbocycles. The van der Waals surface area contributed by atoms with Crippen molar-refractivity contribution in [2.24, 2.45) is 5.73 Å². The minimum Gasteiger partial charge on any atom is -0.328 e. The molecule has 2 aromatic rings. The third-order valence-electron chi connectivity index (χ3n) is 3.74. The van der Waals surface area contributed by atoms with Gasteiger partial charge in [0.15, 0.2) is 0 Å². The summed E-state index contributed by atoms with van der Waals surface area (Å²) >= 11 is 3.46. The zero-order valence-corrected chi connectivity index (χ0v) is 12.7. The van der Waals surface area contributed by atoms with Gasteiger partial charge in [-0.1, -0.05) is 0 Å². The van der Waals surface area contributed by atoms with Gasteiger partial charge in [0.25, 0.3) is 0 Å². The summed E-state index contributed by atoms with van der Waals surface area (Å²) in [5, 5.41) is 7.59. The number of hydrogen-bond acceptors (Lipinski definition) is 5. The van der Waals surface area contributed by atoms with Gasteiger partial charge in [-0.2, -0.15) is 11.3 Å². The Bertz CT molecular complexity index is 521. The van der Waals surface area contributed by atoms with Crippen molar-refractivity contribution in [3.8, 4) is 10.6 Å². The van der Waals surface area contributed by atoms with Crippen LogP contribution >= 0.6 is 22.7 Å². The topological polar surface area (TPSA) is 42.1 Å². The van der Waals surface area contributed by atoms with Crippen LogP contribution in [0.4, 0.5) is 0 Å². The molecule has 102 valence electrons. The van der Waals surface area contributed by atoms with Gasteiger partial charge in [-0.3, -0.25) is 4.90 Å². The molecule has 3 nitrogen and oxygen atoms in total. The van der Waals surface area contributed by atoms with E-state index in [0.717, 1.165) is 30.9 Å². The number of rotatable bonds is 3. The highest BCUT2D eigenvalue weighted by Gasteiger charge is 2.23. The Morgan fingerprint density at radius 3 is 3.11 bits per heavy atom. The number of thiophene rings is 1. The Balaban J connectivity index is 1.67. The summed E-state index contributed by atoms with van der Waals surface area (Å²) in [6.45, 7) is 4.31. The van der Waals surface area contributed by atoms with E-state index in [-0.39, 0.29) is 0 Å². The maximum atomic E-state index is 6.01. The summed E-state index contributed by atoms with van der Waals surface area (Å²) in [6.07, 6.45) is 2.20. The van der Waals surface area contributed by atoms with Crippen LogP contribution in [0.2, 0.25) is 0 Å². The van der Waals surface area contributed by atoms with Crippen molar-refractivity contribution in [2.75, 3.05) is 6.54 Å². The van der Waals surface area contributed by atoms with Gasteiger partial charge in [0.1, 0.15) is 5.01 Å². The second-order valence-electron chi connectivity index (χ2n) is 5.26. The first kappa shape index (κ1) is 13.2. The van der Waals surface area contributed by atoms with Crippen LogP contribution in [0.25, 0.3) is 10.6 Å². The molecule has 3 heterocycles. The number of likely N-dealkylation sites (tertiary alicyclic amines) is 1. The van der Waals surface area contributed by atoms with E-state index < -0.39 is 0 Å². The van der Waals surface area contributed by atoms with E-state index in [1.807, 2.05) is 0 Å². The minimum atomic E-state index is 0.378. The standard InChI is InChI=1S/C14H19N3S2/c1-10-6-12(15)2-4-17(10)7-13-9-19-14(16-13)11-3-5-18-8-11/h3,5,8-10,12H,2,4,6-7,15H2,1H3. The Labute approximate surface area is 122 Å². The molecular formula is C14H19N3S2. The predicted octanol–water partition coefficient (Wildman–Crippen LogP) is 3.18. The molecule has 0 aliphatic carbocycles. The van der Waals surface area contributed by atoms with Crippen molar-refractivity contribution in [2.45, 2.75) is 38.4 Å². The van der Waals surface area contributed by atoms with Crippen LogP contribution in [0.15, 0.2) is 22.2 Å². The molecule has 0 aromatic carbocycles. The molecule has 1 saturated heterocycles. The van der Waals surface area contributed by atoms with E-state index in [1.54, 1.807) is 22.7 Å². The second-order valence-corrected chi connectivity index (χ2v) is 6.90. The van der Waals surface area contributed by atoms with Crippen LogP contribution in [0.1, 0.15) is 25.5 Å². The average molecular weight is 293 g/mol. The van der Waals surface area contributed by atoms with E-state index in [9.17, 15) is 0 Å². The number of hydrogen-bond donors (Lipinski definition) is 1. The maximum absolute atomic E-state index is 6.01. The third kappa shape index (κ3) is 3.05. The summed E-state index contributed by atoms with van der Waals surface area (Å²) in [5.74, 6) is 0. The van der Waals surface area contributed by atoms with Gasteiger partial charge in [0.2, 0.25) is 0 Å². The van der Waals surface area contributed by atoms with Gasteiger partial charge in [-0.25, -0.2) is 4.98 Å². The molecule has 2 unspecified atom stereocenters. The first-order valence-corrected chi connectivity index (χ1v) is 8.51. The summed E-state index contributed by atoms with van der Waals surface area (Å²) in [6, 6.07) is 3.08. The van der Waals surface area contributed by atoms with Crippen LogP contribution in [-0.4, -0.2) is 28.5 Å². The molecule has 1 aliphatic rings. The molecule has 2 atom stereocenters. The van der Waals surface area contributed by atoms with E-state index in [0.29, 0.717) is 12.1 Å². The largest absolute Gasteiger partial charge is 0.328 e. The van der Waals surface area contributed by atoms with Gasteiger partial charge in [-0.05, 0) is 31.2 Å². The molecule has 5 heteroatoms. The molecule has 1 fully saturated rings. The molecule has 0 spiro atoms. The molecule has 19 heavy (non-hydrogen) atoms. The molecule has 0 bridgehead atoms. The number of nitrogens with zero attached hydrogens (tertiary/aromatic N) is 2. The summed E-state index contributed by atoms with van der Waals surface area (Å²) in [5.41, 5.74) is 8.44. The Morgan fingerprint density at radius 1 is 1.47 bits per heavy atom. The normalized spacial score (nSPS) is 24.7. The number of piperidine rings is 1. The quantitative estimate of drug-likeness (QED) is 0.945. The van der Waals surface area contributed by atoms with E-state index in [2.05, 4.69) is 34.0 Å². The third-order valence-corrected chi connectivity index (χ3v) is 5.36. The Kier molecular flexibility index (Phi) is 3.98. The molecule has 0 radical (unpaired) electrons. The van der Waals surface area contributed by atoms with Gasteiger partial charge < -0.3 is 5.73 Å². The van der Waals surface area contributed by atoms with E-state index >= 15 is 0 Å². The highest BCUT2D eigenvalue weighted by molar-refractivity contribution is 7.14. The molecule has 0 amide bonds. The number of thiazole rings is 1. The minimum absolute atomic E-state index is 0.378. The lowest BCUT2D eigenvalue weighted by Crippen LogP contribution is -2.45. The van der Waals surface area contributed by atoms with Crippen molar-refractivity contribution in [3.05, 3.63) is 27.9 Å². The van der Waals surface area contributed by atoms with Crippen molar-refractivity contribution in [1.29, 1.82) is 0 Å². The second kappa shape index (κ2) is 5.71. The summed E-state index contributed by atoms with van der Waals surface area (Å²) in [7, 11) is 0. The smallest absolute Gasteiger partial charge is 0.124 e. The number of aromatic nitrogens is 1. The van der Waals surface area contributed by atoms with Crippen molar-refractivity contribution >= 4 is 22.7 Å². The first-order chi connectivity index (χ1) is 9.22. The average Bonchev–Trinajstić information content (AvgIpc) is 3.03. The fourth-order valence-electron chi connectivity index (χ4n) is 2.60. The van der Waals surface area contributed by atoms with Crippen LogP contribution in [0, 0.1) is 0 Å². The maximum Gasteiger partial charge on any atom is 0.124 e. The highest BCUT2D eigenvalue weighted by atomic mass is 32.1. The lowest BCUT2D eigenvalue weighted by atomic mass is 9.99. The molecule has 3 rings (SSSR count). The van der Waals surface area contributed by atoms with Crippen LogP contribution in [0.5, 0.6) is 0 Å². The zero-order chi connectivity index (χ0) is 13.2. The van der Waals surface area contributed by atoms with Gasteiger partial charge in [0, 0.05) is 41.5 Å². The van der Waals surface area contributed by atoms with Crippen LogP contribution < -0.4 is 5.73 Å². The summed E-state index contributed by atoms with van der Waals surface area (Å²) in [4.78, 5) is 7.25. The Morgan fingerprint density at radius 2 is 2.37 bits per heavy atom. The van der Waals surface area contributed by atoms with Crippen molar-refractivity contribution < 1.29 is 0 Å². The Hall–Kier alpha value is -0.750.